The van der Waals surface area contributed by atoms with E-state index in [1.54, 1.807) is 48.5 Å². The Kier molecular flexibility index (Phi) is 6.09. The second-order valence-corrected chi connectivity index (χ2v) is 6.38. The summed E-state index contributed by atoms with van der Waals surface area (Å²) in [5.74, 6) is -0.0937. The number of carbonyl (C=O) groups excluding carboxylic acids is 2. The van der Waals surface area contributed by atoms with E-state index in [-0.39, 0.29) is 17.7 Å². The van der Waals surface area contributed by atoms with Gasteiger partial charge in [-0.15, -0.1) is 0 Å². The summed E-state index contributed by atoms with van der Waals surface area (Å²) >= 11 is 5.83. The normalized spacial score (nSPS) is 16.1. The third-order valence-electron chi connectivity index (χ3n) is 4.03. The summed E-state index contributed by atoms with van der Waals surface area (Å²) in [6, 6.07) is 14.1. The second-order valence-electron chi connectivity index (χ2n) is 5.94. The number of hydrazine groups is 1. The number of nitrogens with one attached hydrogen (secondary N) is 2. The van der Waals surface area contributed by atoms with Gasteiger partial charge in [0.2, 0.25) is 5.91 Å². The molecule has 2 aromatic carbocycles. The van der Waals surface area contributed by atoms with Gasteiger partial charge in [0.25, 0.3) is 5.91 Å². The van der Waals surface area contributed by atoms with E-state index in [2.05, 4.69) is 10.9 Å². The van der Waals surface area contributed by atoms with Crippen LogP contribution >= 0.6 is 11.6 Å². The molecule has 0 radical (unpaired) electrons. The van der Waals surface area contributed by atoms with Crippen LogP contribution in [0.25, 0.3) is 0 Å². The van der Waals surface area contributed by atoms with E-state index in [1.165, 1.54) is 0 Å². The van der Waals surface area contributed by atoms with Crippen LogP contribution in [-0.4, -0.2) is 25.0 Å². The van der Waals surface area contributed by atoms with Crippen LogP contribution < -0.4 is 15.6 Å². The van der Waals surface area contributed by atoms with Crippen LogP contribution in [0.3, 0.4) is 0 Å². The maximum Gasteiger partial charge on any atom is 0.269 e. The lowest BCUT2D eigenvalue weighted by atomic mass is 10.1. The third-order valence-corrected chi connectivity index (χ3v) is 4.29. The van der Waals surface area contributed by atoms with E-state index in [1.807, 2.05) is 0 Å². The van der Waals surface area contributed by atoms with Crippen molar-refractivity contribution in [3.63, 3.8) is 0 Å². The molecule has 1 fully saturated rings. The molecule has 0 bridgehead atoms. The van der Waals surface area contributed by atoms with Crippen molar-refractivity contribution in [1.29, 1.82) is 0 Å². The SMILES string of the molecule is O=C(NNC(=O)[C@H]1CCOC1)c1ccc(COc2ccc(Cl)cc2)cc1. The number of ether oxygens (including phenoxy) is 2. The number of hydrogen-bond donors (Lipinski definition) is 2. The summed E-state index contributed by atoms with van der Waals surface area (Å²) in [5, 5.41) is 0.653. The van der Waals surface area contributed by atoms with Gasteiger partial charge in [-0.1, -0.05) is 23.7 Å². The fraction of sp³-hybridized carbons (Fsp3) is 0.263. The van der Waals surface area contributed by atoms with Gasteiger partial charge in [0.1, 0.15) is 12.4 Å². The van der Waals surface area contributed by atoms with E-state index in [0.717, 1.165) is 11.3 Å². The molecule has 136 valence electrons. The Morgan fingerprint density at radius 3 is 2.46 bits per heavy atom. The molecular formula is C19H19ClN2O4. The summed E-state index contributed by atoms with van der Waals surface area (Å²) < 4.78 is 10.8. The number of amides is 2. The molecule has 3 rings (SSSR count). The van der Waals surface area contributed by atoms with Crippen LogP contribution in [0.4, 0.5) is 0 Å². The van der Waals surface area contributed by atoms with Gasteiger partial charge in [0.05, 0.1) is 12.5 Å². The van der Waals surface area contributed by atoms with Crippen LogP contribution in [0.2, 0.25) is 5.02 Å². The number of benzene rings is 2. The molecule has 1 heterocycles. The van der Waals surface area contributed by atoms with Gasteiger partial charge in [0, 0.05) is 17.2 Å². The van der Waals surface area contributed by atoms with Gasteiger partial charge in [-0.05, 0) is 48.4 Å². The molecule has 0 aliphatic carbocycles. The van der Waals surface area contributed by atoms with Crippen molar-refractivity contribution in [2.45, 2.75) is 13.0 Å². The topological polar surface area (TPSA) is 76.7 Å². The van der Waals surface area contributed by atoms with Gasteiger partial charge in [-0.3, -0.25) is 20.4 Å². The molecular weight excluding hydrogens is 356 g/mol. The van der Waals surface area contributed by atoms with Crippen molar-refractivity contribution in [3.8, 4) is 5.75 Å². The zero-order chi connectivity index (χ0) is 18.4. The minimum absolute atomic E-state index is 0.206. The first kappa shape index (κ1) is 18.2. The molecule has 2 amide bonds. The molecule has 2 aromatic rings. The molecule has 26 heavy (non-hydrogen) atoms. The predicted molar refractivity (Wildman–Crippen MR) is 96.8 cm³/mol. The van der Waals surface area contributed by atoms with E-state index in [0.29, 0.717) is 36.8 Å². The van der Waals surface area contributed by atoms with Gasteiger partial charge >= 0.3 is 0 Å². The van der Waals surface area contributed by atoms with Crippen molar-refractivity contribution in [2.24, 2.45) is 5.92 Å². The van der Waals surface area contributed by atoms with Crippen molar-refractivity contribution >= 4 is 23.4 Å². The molecule has 0 unspecified atom stereocenters. The molecule has 0 spiro atoms. The Balaban J connectivity index is 1.47. The summed E-state index contributed by atoms with van der Waals surface area (Å²) in [6.07, 6.45) is 0.671. The highest BCUT2D eigenvalue weighted by Crippen LogP contribution is 2.17. The fourth-order valence-electron chi connectivity index (χ4n) is 2.48. The number of rotatable bonds is 5. The zero-order valence-corrected chi connectivity index (χ0v) is 14.8. The molecule has 0 aromatic heterocycles. The first-order chi connectivity index (χ1) is 12.6. The predicted octanol–water partition coefficient (Wildman–Crippen LogP) is 2.72. The van der Waals surface area contributed by atoms with Gasteiger partial charge < -0.3 is 9.47 Å². The molecule has 1 atom stereocenters. The minimum Gasteiger partial charge on any atom is -0.489 e. The number of hydrogen-bond acceptors (Lipinski definition) is 4. The van der Waals surface area contributed by atoms with E-state index in [9.17, 15) is 9.59 Å². The average molecular weight is 375 g/mol. The number of halogens is 1. The fourth-order valence-corrected chi connectivity index (χ4v) is 2.61. The molecule has 2 N–H and O–H groups in total. The van der Waals surface area contributed by atoms with Crippen LogP contribution in [0.5, 0.6) is 5.75 Å². The Morgan fingerprint density at radius 1 is 1.08 bits per heavy atom. The molecule has 1 saturated heterocycles. The van der Waals surface area contributed by atoms with Crippen LogP contribution in [0.15, 0.2) is 48.5 Å². The van der Waals surface area contributed by atoms with Crippen LogP contribution in [0, 0.1) is 5.92 Å². The molecule has 7 heteroatoms. The second kappa shape index (κ2) is 8.69. The first-order valence-electron chi connectivity index (χ1n) is 8.27. The van der Waals surface area contributed by atoms with Crippen molar-refractivity contribution in [1.82, 2.24) is 10.9 Å². The Hall–Kier alpha value is -2.57. The van der Waals surface area contributed by atoms with E-state index < -0.39 is 0 Å². The van der Waals surface area contributed by atoms with E-state index >= 15 is 0 Å². The Labute approximate surface area is 156 Å². The first-order valence-corrected chi connectivity index (χ1v) is 8.65. The van der Waals surface area contributed by atoms with Gasteiger partial charge in [-0.25, -0.2) is 0 Å². The molecule has 0 saturated carbocycles. The Bertz CT molecular complexity index is 756. The highest BCUT2D eigenvalue weighted by molar-refractivity contribution is 6.30. The van der Waals surface area contributed by atoms with Gasteiger partial charge in [-0.2, -0.15) is 0 Å². The smallest absolute Gasteiger partial charge is 0.269 e. The number of carbonyl (C=O) groups is 2. The van der Waals surface area contributed by atoms with Crippen molar-refractivity contribution < 1.29 is 19.1 Å². The summed E-state index contributed by atoms with van der Waals surface area (Å²) in [6.45, 7) is 1.34. The maximum absolute atomic E-state index is 12.1. The quantitative estimate of drug-likeness (QED) is 0.789. The Morgan fingerprint density at radius 2 is 1.81 bits per heavy atom. The third kappa shape index (κ3) is 4.97. The largest absolute Gasteiger partial charge is 0.489 e. The lowest BCUT2D eigenvalue weighted by Gasteiger charge is -2.11. The van der Waals surface area contributed by atoms with Crippen LogP contribution in [0.1, 0.15) is 22.3 Å². The van der Waals surface area contributed by atoms with Crippen molar-refractivity contribution in [2.75, 3.05) is 13.2 Å². The molecule has 6 nitrogen and oxygen atoms in total. The average Bonchev–Trinajstić information content (AvgIpc) is 3.21. The highest BCUT2D eigenvalue weighted by Gasteiger charge is 2.23. The lowest BCUT2D eigenvalue weighted by molar-refractivity contribution is -0.125. The summed E-state index contributed by atoms with van der Waals surface area (Å²) in [4.78, 5) is 23.9. The molecule has 1 aliphatic heterocycles. The van der Waals surface area contributed by atoms with Crippen LogP contribution in [-0.2, 0) is 16.1 Å². The monoisotopic (exact) mass is 374 g/mol. The summed E-state index contributed by atoms with van der Waals surface area (Å²) in [5.41, 5.74) is 6.22. The highest BCUT2D eigenvalue weighted by atomic mass is 35.5. The molecule has 1 aliphatic rings. The van der Waals surface area contributed by atoms with Gasteiger partial charge in [0.15, 0.2) is 0 Å². The van der Waals surface area contributed by atoms with Crippen molar-refractivity contribution in [3.05, 3.63) is 64.7 Å². The minimum atomic E-state index is -0.373. The summed E-state index contributed by atoms with van der Waals surface area (Å²) in [7, 11) is 0. The zero-order valence-electron chi connectivity index (χ0n) is 14.0. The standard InChI is InChI=1S/C19H19ClN2O4/c20-16-5-7-17(8-6-16)26-11-13-1-3-14(4-2-13)18(23)21-22-19(24)15-9-10-25-12-15/h1-8,15H,9-12H2,(H,21,23)(H,22,24)/t15-/m0/s1. The maximum atomic E-state index is 12.1. The lowest BCUT2D eigenvalue weighted by Crippen LogP contribution is -2.44. The van der Waals surface area contributed by atoms with E-state index in [4.69, 9.17) is 21.1 Å².